The molecule has 0 unspecified atom stereocenters. The van der Waals surface area contributed by atoms with Crippen LogP contribution in [-0.4, -0.2) is 20.3 Å². The first kappa shape index (κ1) is 16.0. The highest BCUT2D eigenvalue weighted by Gasteiger charge is 2.04. The van der Waals surface area contributed by atoms with Gasteiger partial charge < -0.3 is 4.98 Å². The standard InChI is InChI=1S/C17H17N3OS2/c21-16-14-5-1-2-6-15(14)19-17(22)20(16)11-3-4-12-23-13-7-9-18-10-8-13/h1-2,5-10H,3-4,11-12H2,(H,19,22). The molecule has 3 rings (SSSR count). The summed E-state index contributed by atoms with van der Waals surface area (Å²) in [6.45, 7) is 0.649. The minimum atomic E-state index is -0.00821. The van der Waals surface area contributed by atoms with E-state index in [-0.39, 0.29) is 5.56 Å². The summed E-state index contributed by atoms with van der Waals surface area (Å²) in [4.78, 5) is 20.9. The predicted molar refractivity (Wildman–Crippen MR) is 97.6 cm³/mol. The van der Waals surface area contributed by atoms with Crippen molar-refractivity contribution in [1.29, 1.82) is 0 Å². The van der Waals surface area contributed by atoms with Crippen LogP contribution in [0.4, 0.5) is 0 Å². The Bertz CT molecular complexity index is 903. The summed E-state index contributed by atoms with van der Waals surface area (Å²) in [5.74, 6) is 1.02. The summed E-state index contributed by atoms with van der Waals surface area (Å²) in [5.41, 5.74) is 0.790. The van der Waals surface area contributed by atoms with E-state index < -0.39 is 0 Å². The molecule has 2 heterocycles. The molecule has 0 aliphatic rings. The minimum absolute atomic E-state index is 0.00821. The lowest BCUT2D eigenvalue weighted by atomic mass is 10.2. The number of fused-ring (bicyclic) bond motifs is 1. The van der Waals surface area contributed by atoms with Crippen LogP contribution in [0, 0.1) is 4.77 Å². The van der Waals surface area contributed by atoms with Gasteiger partial charge in [0.15, 0.2) is 4.77 Å². The van der Waals surface area contributed by atoms with Crippen LogP contribution in [0.15, 0.2) is 58.5 Å². The molecule has 6 heteroatoms. The van der Waals surface area contributed by atoms with E-state index in [0.29, 0.717) is 16.7 Å². The van der Waals surface area contributed by atoms with E-state index in [2.05, 4.69) is 9.97 Å². The maximum Gasteiger partial charge on any atom is 0.262 e. The number of hydrogen-bond acceptors (Lipinski definition) is 4. The number of hydrogen-bond donors (Lipinski definition) is 1. The average molecular weight is 343 g/mol. The molecule has 0 aliphatic carbocycles. The van der Waals surface area contributed by atoms with Crippen molar-refractivity contribution in [1.82, 2.24) is 14.5 Å². The highest BCUT2D eigenvalue weighted by Crippen LogP contribution is 2.17. The predicted octanol–water partition coefficient (Wildman–Crippen LogP) is 4.03. The molecule has 118 valence electrons. The van der Waals surface area contributed by atoms with Crippen molar-refractivity contribution in [2.75, 3.05) is 5.75 Å². The normalized spacial score (nSPS) is 11.0. The summed E-state index contributed by atoms with van der Waals surface area (Å²) < 4.78 is 2.16. The first-order chi connectivity index (χ1) is 11.3. The molecule has 0 saturated heterocycles. The van der Waals surface area contributed by atoms with Crippen LogP contribution < -0.4 is 5.56 Å². The van der Waals surface area contributed by atoms with E-state index in [4.69, 9.17) is 12.2 Å². The van der Waals surface area contributed by atoms with E-state index >= 15 is 0 Å². The highest BCUT2D eigenvalue weighted by molar-refractivity contribution is 7.99. The molecular weight excluding hydrogens is 326 g/mol. The zero-order valence-electron chi connectivity index (χ0n) is 12.6. The Morgan fingerprint density at radius 2 is 1.91 bits per heavy atom. The number of aromatic amines is 1. The maximum absolute atomic E-state index is 12.5. The Kier molecular flexibility index (Phi) is 5.25. The number of benzene rings is 1. The summed E-state index contributed by atoms with van der Waals surface area (Å²) in [7, 11) is 0. The summed E-state index contributed by atoms with van der Waals surface area (Å²) in [6, 6.07) is 11.5. The molecule has 0 aliphatic heterocycles. The second-order valence-corrected chi connectivity index (χ2v) is 6.73. The van der Waals surface area contributed by atoms with Gasteiger partial charge in [0.05, 0.1) is 10.9 Å². The maximum atomic E-state index is 12.5. The zero-order valence-corrected chi connectivity index (χ0v) is 14.2. The number of nitrogens with zero attached hydrogens (tertiary/aromatic N) is 2. The molecule has 3 aromatic rings. The number of aromatic nitrogens is 3. The molecule has 0 fully saturated rings. The van der Waals surface area contributed by atoms with Gasteiger partial charge in [0.2, 0.25) is 0 Å². The largest absolute Gasteiger partial charge is 0.332 e. The van der Waals surface area contributed by atoms with Gasteiger partial charge in [-0.15, -0.1) is 11.8 Å². The molecule has 23 heavy (non-hydrogen) atoms. The molecule has 0 amide bonds. The Morgan fingerprint density at radius 1 is 1.13 bits per heavy atom. The first-order valence-corrected chi connectivity index (χ1v) is 8.90. The monoisotopic (exact) mass is 343 g/mol. The van der Waals surface area contributed by atoms with Gasteiger partial charge in [0.25, 0.3) is 5.56 Å². The SMILES string of the molecule is O=c1c2ccccc2[nH]c(=S)n1CCCCSc1ccncc1. The number of pyridine rings is 1. The molecular formula is C17H17N3OS2. The third-order valence-corrected chi connectivity index (χ3v) is 5.00. The third kappa shape index (κ3) is 3.89. The molecule has 0 atom stereocenters. The van der Waals surface area contributed by atoms with Gasteiger partial charge in [-0.3, -0.25) is 14.3 Å². The highest BCUT2D eigenvalue weighted by atomic mass is 32.2. The van der Waals surface area contributed by atoms with Crippen molar-refractivity contribution in [3.63, 3.8) is 0 Å². The average Bonchev–Trinajstić information content (AvgIpc) is 2.58. The topological polar surface area (TPSA) is 50.7 Å². The molecule has 4 nitrogen and oxygen atoms in total. The van der Waals surface area contributed by atoms with Crippen LogP contribution in [0.1, 0.15) is 12.8 Å². The quantitative estimate of drug-likeness (QED) is 0.417. The van der Waals surface area contributed by atoms with Crippen molar-refractivity contribution in [2.24, 2.45) is 0 Å². The van der Waals surface area contributed by atoms with Crippen LogP contribution in [-0.2, 0) is 6.54 Å². The molecule has 1 aromatic carbocycles. The summed E-state index contributed by atoms with van der Waals surface area (Å²) in [5, 5.41) is 0.687. The lowest BCUT2D eigenvalue weighted by Gasteiger charge is -2.08. The van der Waals surface area contributed by atoms with Gasteiger partial charge in [0, 0.05) is 23.8 Å². The van der Waals surface area contributed by atoms with Crippen molar-refractivity contribution < 1.29 is 0 Å². The van der Waals surface area contributed by atoms with E-state index in [1.54, 1.807) is 28.7 Å². The molecule has 0 spiro atoms. The van der Waals surface area contributed by atoms with Gasteiger partial charge in [-0.25, -0.2) is 0 Å². The molecule has 0 radical (unpaired) electrons. The number of unbranched alkanes of at least 4 members (excludes halogenated alkanes) is 1. The van der Waals surface area contributed by atoms with E-state index in [1.165, 1.54) is 4.90 Å². The molecule has 0 bridgehead atoms. The second kappa shape index (κ2) is 7.57. The Balaban J connectivity index is 1.61. The summed E-state index contributed by atoms with van der Waals surface area (Å²) in [6.07, 6.45) is 5.56. The molecule has 1 N–H and O–H groups in total. The van der Waals surface area contributed by atoms with Crippen molar-refractivity contribution in [3.05, 3.63) is 63.9 Å². The third-order valence-electron chi connectivity index (χ3n) is 3.58. The number of thioether (sulfide) groups is 1. The molecule has 2 aromatic heterocycles. The summed E-state index contributed by atoms with van der Waals surface area (Å²) >= 11 is 7.12. The zero-order chi connectivity index (χ0) is 16.1. The van der Waals surface area contributed by atoms with E-state index in [1.807, 2.05) is 36.4 Å². The van der Waals surface area contributed by atoms with Crippen molar-refractivity contribution >= 4 is 34.9 Å². The smallest absolute Gasteiger partial charge is 0.262 e. The van der Waals surface area contributed by atoms with E-state index in [9.17, 15) is 4.79 Å². The van der Waals surface area contributed by atoms with E-state index in [0.717, 1.165) is 24.1 Å². The number of H-pyrrole nitrogens is 1. The van der Waals surface area contributed by atoms with Crippen LogP contribution in [0.2, 0.25) is 0 Å². The number of nitrogens with one attached hydrogen (secondary N) is 1. The van der Waals surface area contributed by atoms with Crippen molar-refractivity contribution in [2.45, 2.75) is 24.3 Å². The fourth-order valence-electron chi connectivity index (χ4n) is 2.40. The fraction of sp³-hybridized carbons (Fsp3) is 0.235. The van der Waals surface area contributed by atoms with Gasteiger partial charge in [-0.1, -0.05) is 12.1 Å². The molecule has 0 saturated carbocycles. The first-order valence-electron chi connectivity index (χ1n) is 7.50. The Hall–Kier alpha value is -1.92. The van der Waals surface area contributed by atoms with Gasteiger partial charge >= 0.3 is 0 Å². The van der Waals surface area contributed by atoms with Crippen LogP contribution >= 0.6 is 24.0 Å². The lowest BCUT2D eigenvalue weighted by Crippen LogP contribution is -2.22. The number of para-hydroxylation sites is 1. The second-order valence-electron chi connectivity index (χ2n) is 5.17. The van der Waals surface area contributed by atoms with Gasteiger partial charge in [-0.2, -0.15) is 0 Å². The number of rotatable bonds is 6. The van der Waals surface area contributed by atoms with Crippen molar-refractivity contribution in [3.8, 4) is 0 Å². The van der Waals surface area contributed by atoms with Gasteiger partial charge in [0.1, 0.15) is 0 Å². The minimum Gasteiger partial charge on any atom is -0.332 e. The fourth-order valence-corrected chi connectivity index (χ4v) is 3.58. The van der Waals surface area contributed by atoms with Crippen LogP contribution in [0.25, 0.3) is 10.9 Å². The Labute approximate surface area is 143 Å². The van der Waals surface area contributed by atoms with Gasteiger partial charge in [-0.05, 0) is 55.1 Å². The van der Waals surface area contributed by atoms with Crippen LogP contribution in [0.5, 0.6) is 0 Å². The Morgan fingerprint density at radius 3 is 2.74 bits per heavy atom. The lowest BCUT2D eigenvalue weighted by molar-refractivity contribution is 0.603. The van der Waals surface area contributed by atoms with Crippen LogP contribution in [0.3, 0.4) is 0 Å².